The van der Waals surface area contributed by atoms with Crippen molar-refractivity contribution in [2.45, 2.75) is 25.5 Å². The molecule has 0 saturated carbocycles. The predicted molar refractivity (Wildman–Crippen MR) is 136 cm³/mol. The summed E-state index contributed by atoms with van der Waals surface area (Å²) in [5.74, 6) is 2.25. The van der Waals surface area contributed by atoms with Gasteiger partial charge in [-0.1, -0.05) is 23.7 Å². The molecule has 0 amide bonds. The van der Waals surface area contributed by atoms with E-state index in [0.717, 1.165) is 28.5 Å². The van der Waals surface area contributed by atoms with E-state index in [4.69, 9.17) is 23.1 Å². The van der Waals surface area contributed by atoms with Crippen molar-refractivity contribution in [2.75, 3.05) is 5.75 Å². The molecule has 5 N–H and O–H groups in total. The summed E-state index contributed by atoms with van der Waals surface area (Å²) in [6.45, 7) is 1.91. The van der Waals surface area contributed by atoms with Crippen molar-refractivity contribution in [1.82, 2.24) is 15.0 Å². The zero-order chi connectivity index (χ0) is 20.8. The third-order valence-corrected chi connectivity index (χ3v) is 6.10. The van der Waals surface area contributed by atoms with Crippen LogP contribution in [0.5, 0.6) is 0 Å². The first-order valence-corrected chi connectivity index (χ1v) is 11.3. The van der Waals surface area contributed by atoms with E-state index in [2.05, 4.69) is 19.9 Å². The minimum atomic E-state index is -0.183. The van der Waals surface area contributed by atoms with E-state index in [9.17, 15) is 4.79 Å². The largest absolute Gasteiger partial charge is 0.370 e. The molecule has 1 aromatic carbocycles. The predicted octanol–water partition coefficient (Wildman–Crippen LogP) is 4.00. The summed E-state index contributed by atoms with van der Waals surface area (Å²) in [7, 11) is 0. The summed E-state index contributed by atoms with van der Waals surface area (Å²) in [4.78, 5) is 28.2. The van der Waals surface area contributed by atoms with Crippen LogP contribution in [0.1, 0.15) is 28.3 Å². The van der Waals surface area contributed by atoms with Gasteiger partial charge in [0.2, 0.25) is 5.13 Å². The Morgan fingerprint density at radius 3 is 2.58 bits per heavy atom. The number of nitrogens with one attached hydrogen (secondary N) is 1. The number of thioether (sulfide) groups is 1. The Hall–Kier alpha value is -1.78. The molecule has 0 radical (unpaired) electrons. The fourth-order valence-electron chi connectivity index (χ4n) is 2.67. The van der Waals surface area contributed by atoms with Crippen LogP contribution < -0.4 is 17.0 Å². The fraction of sp³-hybridized carbons (Fsp3) is 0.263. The first-order chi connectivity index (χ1) is 13.9. The van der Waals surface area contributed by atoms with Gasteiger partial charge in [0, 0.05) is 46.0 Å². The lowest BCUT2D eigenvalue weighted by molar-refractivity contribution is 0.874. The summed E-state index contributed by atoms with van der Waals surface area (Å²) in [6, 6.07) is 7.48. The van der Waals surface area contributed by atoms with Crippen molar-refractivity contribution in [2.24, 2.45) is 16.5 Å². The quantitative estimate of drug-likeness (QED) is 0.234. The second kappa shape index (κ2) is 12.9. The lowest BCUT2D eigenvalue weighted by Crippen LogP contribution is -2.21. The number of benzene rings is 1. The van der Waals surface area contributed by atoms with Crippen LogP contribution in [0.2, 0.25) is 5.02 Å². The average Bonchev–Trinajstić information content (AvgIpc) is 3.10. The summed E-state index contributed by atoms with van der Waals surface area (Å²) in [6.07, 6.45) is 1.20. The van der Waals surface area contributed by atoms with Gasteiger partial charge in [0.1, 0.15) is 5.82 Å². The molecule has 0 aliphatic carbocycles. The maximum atomic E-state index is 12.5. The molecular formula is C19H23Cl3N6OS2. The molecule has 0 atom stereocenters. The fourth-order valence-corrected chi connectivity index (χ4v) is 4.45. The Morgan fingerprint density at radius 1 is 1.23 bits per heavy atom. The molecule has 0 bridgehead atoms. The number of nitrogens with two attached hydrogens (primary N) is 2. The molecule has 31 heavy (non-hydrogen) atoms. The van der Waals surface area contributed by atoms with Crippen LogP contribution in [0, 0.1) is 6.92 Å². The van der Waals surface area contributed by atoms with Crippen molar-refractivity contribution >= 4 is 70.6 Å². The van der Waals surface area contributed by atoms with Crippen molar-refractivity contribution in [3.63, 3.8) is 0 Å². The van der Waals surface area contributed by atoms with Crippen molar-refractivity contribution in [3.05, 3.63) is 73.4 Å². The van der Waals surface area contributed by atoms with Gasteiger partial charge in [-0.15, -0.1) is 36.2 Å². The third-order valence-electron chi connectivity index (χ3n) is 4.07. The number of halogens is 3. The molecule has 0 fully saturated rings. The molecule has 3 aromatic rings. The Kier molecular flexibility index (Phi) is 11.4. The zero-order valence-electron chi connectivity index (χ0n) is 16.6. The van der Waals surface area contributed by atoms with Gasteiger partial charge in [0.05, 0.1) is 5.69 Å². The summed E-state index contributed by atoms with van der Waals surface area (Å²) in [5, 5.41) is 3.17. The molecule has 7 nitrogen and oxygen atoms in total. The number of guanidine groups is 1. The normalized spacial score (nSPS) is 10.1. The molecule has 0 unspecified atom stereocenters. The molecule has 0 aliphatic heterocycles. The first-order valence-electron chi connectivity index (χ1n) is 8.85. The lowest BCUT2D eigenvalue weighted by Gasteiger charge is -2.08. The Balaban J connectivity index is 0.00000240. The number of aliphatic imine (C=N–C) groups is 1. The number of rotatable bonds is 8. The Labute approximate surface area is 206 Å². The molecule has 168 valence electrons. The van der Waals surface area contributed by atoms with Crippen LogP contribution in [0.15, 0.2) is 39.4 Å². The lowest BCUT2D eigenvalue weighted by atomic mass is 10.1. The van der Waals surface area contributed by atoms with E-state index >= 15 is 0 Å². The number of hydrogen-bond donors (Lipinski definition) is 3. The van der Waals surface area contributed by atoms with Crippen LogP contribution in [0.25, 0.3) is 0 Å². The monoisotopic (exact) mass is 520 g/mol. The van der Waals surface area contributed by atoms with E-state index in [0.29, 0.717) is 34.4 Å². The minimum Gasteiger partial charge on any atom is -0.370 e. The van der Waals surface area contributed by atoms with E-state index in [1.54, 1.807) is 11.8 Å². The van der Waals surface area contributed by atoms with Gasteiger partial charge in [-0.05, 0) is 24.6 Å². The van der Waals surface area contributed by atoms with Crippen molar-refractivity contribution < 1.29 is 0 Å². The summed E-state index contributed by atoms with van der Waals surface area (Å²) < 4.78 is 0. The van der Waals surface area contributed by atoms with E-state index in [1.807, 2.05) is 36.6 Å². The van der Waals surface area contributed by atoms with Crippen molar-refractivity contribution in [3.8, 4) is 0 Å². The van der Waals surface area contributed by atoms with Gasteiger partial charge in [-0.2, -0.15) is 21.7 Å². The van der Waals surface area contributed by atoms with Gasteiger partial charge < -0.3 is 16.5 Å². The first kappa shape index (κ1) is 27.3. The zero-order valence-corrected chi connectivity index (χ0v) is 20.7. The van der Waals surface area contributed by atoms with Gasteiger partial charge >= 0.3 is 0 Å². The maximum absolute atomic E-state index is 12.5. The summed E-state index contributed by atoms with van der Waals surface area (Å²) in [5.41, 5.74) is 14.0. The molecule has 2 heterocycles. The number of nitrogens with zero attached hydrogens (tertiary/aromatic N) is 3. The molecule has 3 rings (SSSR count). The second-order valence-corrected chi connectivity index (χ2v) is 8.73. The second-order valence-electron chi connectivity index (χ2n) is 6.36. The van der Waals surface area contributed by atoms with Gasteiger partial charge in [0.25, 0.3) is 5.56 Å². The minimum absolute atomic E-state index is 0. The average molecular weight is 522 g/mol. The number of H-pyrrole nitrogens is 1. The van der Waals surface area contributed by atoms with Gasteiger partial charge in [-0.3, -0.25) is 4.79 Å². The highest BCUT2D eigenvalue weighted by molar-refractivity contribution is 7.98. The number of aromatic amines is 1. The molecular weight excluding hydrogens is 499 g/mol. The third kappa shape index (κ3) is 8.34. The smallest absolute Gasteiger partial charge is 0.276 e. The Morgan fingerprint density at radius 2 is 1.94 bits per heavy atom. The van der Waals surface area contributed by atoms with E-state index in [1.165, 1.54) is 11.3 Å². The molecule has 0 saturated heterocycles. The molecule has 2 aromatic heterocycles. The number of aromatic nitrogens is 3. The van der Waals surface area contributed by atoms with Crippen molar-refractivity contribution in [1.29, 1.82) is 0 Å². The number of aryl methyl sites for hydroxylation is 2. The molecule has 0 aliphatic rings. The standard InChI is InChI=1S/C19H21ClN6OS2.2ClH/c1-11-15(8-12-2-4-13(20)5-3-12)17(27)25-16(23-11)6-7-28-9-14-10-29-19(24-14)26-18(21)22;;/h2-5,10H,6-9H2,1H3,(H,23,25,27)(H4,21,22,24,26);2*1H. The van der Waals surface area contributed by atoms with E-state index in [-0.39, 0.29) is 36.3 Å². The number of thiazole rings is 1. The van der Waals surface area contributed by atoms with Gasteiger partial charge in [-0.25, -0.2) is 4.98 Å². The molecule has 12 heteroatoms. The van der Waals surface area contributed by atoms with Crippen LogP contribution in [-0.2, 0) is 18.6 Å². The highest BCUT2D eigenvalue weighted by atomic mass is 35.5. The SMILES string of the molecule is Cc1[nH]c(CCSCc2csc(N=C(N)N)n2)nc(=O)c1Cc1ccc(Cl)cc1.Cl.Cl. The Bertz CT molecular complexity index is 1070. The topological polar surface area (TPSA) is 123 Å². The van der Waals surface area contributed by atoms with Crippen LogP contribution >= 0.6 is 59.5 Å². The summed E-state index contributed by atoms with van der Waals surface area (Å²) >= 11 is 9.03. The van der Waals surface area contributed by atoms with Crippen LogP contribution in [-0.4, -0.2) is 26.7 Å². The van der Waals surface area contributed by atoms with Gasteiger partial charge in [0.15, 0.2) is 5.96 Å². The maximum Gasteiger partial charge on any atom is 0.276 e. The highest BCUT2D eigenvalue weighted by Gasteiger charge is 2.10. The number of hydrogen-bond acceptors (Lipinski definition) is 6. The highest BCUT2D eigenvalue weighted by Crippen LogP contribution is 2.22. The van der Waals surface area contributed by atoms with Crippen LogP contribution in [0.3, 0.4) is 0 Å². The van der Waals surface area contributed by atoms with Crippen LogP contribution in [0.4, 0.5) is 5.13 Å². The van der Waals surface area contributed by atoms with E-state index < -0.39 is 0 Å². The molecule has 0 spiro atoms.